The Morgan fingerprint density at radius 2 is 1.53 bits per heavy atom. The molecule has 0 fully saturated rings. The molecule has 0 unspecified atom stereocenters. The van der Waals surface area contributed by atoms with Gasteiger partial charge in [-0.15, -0.1) is 0 Å². The summed E-state index contributed by atoms with van der Waals surface area (Å²) in [5.41, 5.74) is 2.20. The van der Waals surface area contributed by atoms with Crippen LogP contribution < -0.4 is 10.1 Å². The van der Waals surface area contributed by atoms with E-state index < -0.39 is 10.0 Å². The van der Waals surface area contributed by atoms with Crippen LogP contribution in [0.15, 0.2) is 83.8 Å². The van der Waals surface area contributed by atoms with E-state index in [1.165, 1.54) is 23.4 Å². The molecule has 0 saturated carbocycles. The number of anilines is 1. The molecule has 156 valence electrons. The normalized spacial score (nSPS) is 11.3. The molecule has 1 N–H and O–H groups in total. The lowest BCUT2D eigenvalue weighted by atomic mass is 10.2. The number of benzene rings is 3. The zero-order chi connectivity index (χ0) is 21.6. The SMILES string of the molecule is COc1ccccc1CN(Cc1ccccc1)S(=O)(=O)c1ccc(NC(C)=O)cc1. The molecule has 0 bridgehead atoms. The van der Waals surface area contributed by atoms with Crippen LogP contribution in [0.3, 0.4) is 0 Å². The number of hydrogen-bond acceptors (Lipinski definition) is 4. The molecule has 0 aromatic heterocycles. The van der Waals surface area contributed by atoms with Gasteiger partial charge in [0.15, 0.2) is 0 Å². The first-order chi connectivity index (χ1) is 14.4. The van der Waals surface area contributed by atoms with Crippen molar-refractivity contribution in [3.8, 4) is 5.75 Å². The zero-order valence-electron chi connectivity index (χ0n) is 16.9. The lowest BCUT2D eigenvalue weighted by Gasteiger charge is -2.23. The highest BCUT2D eigenvalue weighted by molar-refractivity contribution is 7.89. The second-order valence-electron chi connectivity index (χ2n) is 6.78. The van der Waals surface area contributed by atoms with E-state index in [2.05, 4.69) is 5.32 Å². The zero-order valence-corrected chi connectivity index (χ0v) is 17.7. The van der Waals surface area contributed by atoms with E-state index in [9.17, 15) is 13.2 Å². The van der Waals surface area contributed by atoms with Crippen molar-refractivity contribution in [1.82, 2.24) is 4.31 Å². The van der Waals surface area contributed by atoms with Crippen molar-refractivity contribution >= 4 is 21.6 Å². The van der Waals surface area contributed by atoms with Gasteiger partial charge < -0.3 is 10.1 Å². The third kappa shape index (κ3) is 5.25. The number of nitrogens with one attached hydrogen (secondary N) is 1. The van der Waals surface area contributed by atoms with Gasteiger partial charge in [0.05, 0.1) is 12.0 Å². The van der Waals surface area contributed by atoms with E-state index in [1.54, 1.807) is 19.2 Å². The molecule has 0 aliphatic carbocycles. The van der Waals surface area contributed by atoms with E-state index in [4.69, 9.17) is 4.74 Å². The van der Waals surface area contributed by atoms with Crippen LogP contribution in [0.5, 0.6) is 5.75 Å². The van der Waals surface area contributed by atoms with Gasteiger partial charge in [-0.05, 0) is 35.9 Å². The number of para-hydroxylation sites is 1. The topological polar surface area (TPSA) is 75.7 Å². The Morgan fingerprint density at radius 3 is 2.17 bits per heavy atom. The monoisotopic (exact) mass is 424 g/mol. The molecule has 1 amide bonds. The standard InChI is InChI=1S/C23H24N2O4S/c1-18(26)24-21-12-14-22(15-13-21)30(27,28)25(16-19-8-4-3-5-9-19)17-20-10-6-7-11-23(20)29-2/h3-15H,16-17H2,1-2H3,(H,24,26). The number of methoxy groups -OCH3 is 1. The maximum atomic E-state index is 13.5. The minimum Gasteiger partial charge on any atom is -0.496 e. The van der Waals surface area contributed by atoms with Crippen LogP contribution in [0.1, 0.15) is 18.1 Å². The molecule has 3 aromatic carbocycles. The highest BCUT2D eigenvalue weighted by Gasteiger charge is 2.26. The molecule has 6 nitrogen and oxygen atoms in total. The summed E-state index contributed by atoms with van der Waals surface area (Å²) in [7, 11) is -2.24. The first-order valence-corrected chi connectivity index (χ1v) is 10.9. The maximum Gasteiger partial charge on any atom is 0.243 e. The van der Waals surface area contributed by atoms with Crippen molar-refractivity contribution < 1.29 is 17.9 Å². The average molecular weight is 425 g/mol. The highest BCUT2D eigenvalue weighted by atomic mass is 32.2. The van der Waals surface area contributed by atoms with Gasteiger partial charge in [0.1, 0.15) is 5.75 Å². The molecular weight excluding hydrogens is 400 g/mol. The smallest absolute Gasteiger partial charge is 0.243 e. The fourth-order valence-electron chi connectivity index (χ4n) is 3.10. The van der Waals surface area contributed by atoms with Crippen LogP contribution in [0, 0.1) is 0 Å². The highest BCUT2D eigenvalue weighted by Crippen LogP contribution is 2.26. The Hall–Kier alpha value is -3.16. The van der Waals surface area contributed by atoms with Crippen LogP contribution in [-0.2, 0) is 27.9 Å². The Labute approximate surface area is 177 Å². The molecule has 0 atom stereocenters. The molecule has 0 aliphatic rings. The molecule has 0 spiro atoms. The quantitative estimate of drug-likeness (QED) is 0.592. The van der Waals surface area contributed by atoms with Gasteiger partial charge in [0.25, 0.3) is 0 Å². The van der Waals surface area contributed by atoms with Crippen LogP contribution in [0.2, 0.25) is 0 Å². The van der Waals surface area contributed by atoms with Gasteiger partial charge in [0, 0.05) is 31.3 Å². The van der Waals surface area contributed by atoms with Gasteiger partial charge >= 0.3 is 0 Å². The Kier molecular flexibility index (Phi) is 6.87. The predicted molar refractivity (Wildman–Crippen MR) is 117 cm³/mol. The second-order valence-corrected chi connectivity index (χ2v) is 8.71. The van der Waals surface area contributed by atoms with Gasteiger partial charge in [-0.25, -0.2) is 8.42 Å². The number of carbonyl (C=O) groups is 1. The minimum atomic E-state index is -3.80. The van der Waals surface area contributed by atoms with E-state index in [0.717, 1.165) is 11.1 Å². The van der Waals surface area contributed by atoms with E-state index in [1.807, 2.05) is 54.6 Å². The molecule has 7 heteroatoms. The van der Waals surface area contributed by atoms with Crippen molar-refractivity contribution in [1.29, 1.82) is 0 Å². The summed E-state index contributed by atoms with van der Waals surface area (Å²) in [4.78, 5) is 11.4. The summed E-state index contributed by atoms with van der Waals surface area (Å²) in [6, 6.07) is 23.0. The van der Waals surface area contributed by atoms with Crippen molar-refractivity contribution in [3.05, 3.63) is 90.0 Å². The lowest BCUT2D eigenvalue weighted by Crippen LogP contribution is -2.30. The third-order valence-corrected chi connectivity index (χ3v) is 6.36. The van der Waals surface area contributed by atoms with Gasteiger partial charge in [-0.1, -0.05) is 48.5 Å². The maximum absolute atomic E-state index is 13.5. The van der Waals surface area contributed by atoms with Crippen molar-refractivity contribution in [3.63, 3.8) is 0 Å². The van der Waals surface area contributed by atoms with E-state index in [0.29, 0.717) is 11.4 Å². The number of sulfonamides is 1. The first-order valence-electron chi connectivity index (χ1n) is 9.44. The summed E-state index contributed by atoms with van der Waals surface area (Å²) in [6.45, 7) is 1.78. The number of ether oxygens (including phenoxy) is 1. The lowest BCUT2D eigenvalue weighted by molar-refractivity contribution is -0.114. The molecular formula is C23H24N2O4S. The molecule has 0 heterocycles. The van der Waals surface area contributed by atoms with Crippen LogP contribution in [0.25, 0.3) is 0 Å². The number of rotatable bonds is 8. The average Bonchev–Trinajstić information content (AvgIpc) is 2.74. The fraction of sp³-hybridized carbons (Fsp3) is 0.174. The Balaban J connectivity index is 1.96. The van der Waals surface area contributed by atoms with Crippen molar-refractivity contribution in [2.75, 3.05) is 12.4 Å². The molecule has 3 aromatic rings. The summed E-state index contributed by atoms with van der Waals surface area (Å²) >= 11 is 0. The van der Waals surface area contributed by atoms with Crippen molar-refractivity contribution in [2.24, 2.45) is 0 Å². The van der Waals surface area contributed by atoms with Crippen LogP contribution in [-0.4, -0.2) is 25.7 Å². The summed E-state index contributed by atoms with van der Waals surface area (Å²) in [6.07, 6.45) is 0. The number of nitrogens with zero attached hydrogens (tertiary/aromatic N) is 1. The van der Waals surface area contributed by atoms with Gasteiger partial charge in [-0.3, -0.25) is 4.79 Å². The first kappa shape index (κ1) is 21.5. The Bertz CT molecular complexity index is 1100. The minimum absolute atomic E-state index is 0.155. The van der Waals surface area contributed by atoms with Gasteiger partial charge in [-0.2, -0.15) is 4.31 Å². The van der Waals surface area contributed by atoms with Crippen LogP contribution in [0.4, 0.5) is 5.69 Å². The van der Waals surface area contributed by atoms with E-state index >= 15 is 0 Å². The molecule has 3 rings (SSSR count). The molecule has 0 radical (unpaired) electrons. The fourth-order valence-corrected chi connectivity index (χ4v) is 4.51. The number of hydrogen-bond donors (Lipinski definition) is 1. The number of carbonyl (C=O) groups excluding carboxylic acids is 1. The predicted octanol–water partition coefficient (Wildman–Crippen LogP) is 4.04. The summed E-state index contributed by atoms with van der Waals surface area (Å²) < 4.78 is 33.8. The molecule has 0 aliphatic heterocycles. The Morgan fingerprint density at radius 1 is 0.900 bits per heavy atom. The summed E-state index contributed by atoms with van der Waals surface area (Å²) in [5.74, 6) is 0.416. The molecule has 0 saturated heterocycles. The largest absolute Gasteiger partial charge is 0.496 e. The number of amides is 1. The molecule has 30 heavy (non-hydrogen) atoms. The van der Waals surface area contributed by atoms with E-state index in [-0.39, 0.29) is 23.9 Å². The van der Waals surface area contributed by atoms with Crippen LogP contribution >= 0.6 is 0 Å². The second kappa shape index (κ2) is 9.56. The summed E-state index contributed by atoms with van der Waals surface area (Å²) in [5, 5.41) is 2.64. The van der Waals surface area contributed by atoms with Crippen molar-refractivity contribution in [2.45, 2.75) is 24.9 Å². The van der Waals surface area contributed by atoms with Gasteiger partial charge in [0.2, 0.25) is 15.9 Å². The third-order valence-electron chi connectivity index (χ3n) is 4.55.